The van der Waals surface area contributed by atoms with E-state index in [1.54, 1.807) is 0 Å². The highest BCUT2D eigenvalue weighted by molar-refractivity contribution is 7.79. The average molecular weight is 341 g/mol. The largest absolute Gasteiger partial charge is 0.343 e. The van der Waals surface area contributed by atoms with Crippen LogP contribution in [-0.2, 0) is 6.54 Å². The molecule has 0 unspecified atom stereocenters. The zero-order valence-electron chi connectivity index (χ0n) is 14.0. The predicted molar refractivity (Wildman–Crippen MR) is 109 cm³/mol. The van der Waals surface area contributed by atoms with Crippen molar-refractivity contribution in [3.05, 3.63) is 115 Å². The molecular weight excluding hydrogens is 321 g/mol. The van der Waals surface area contributed by atoms with Crippen LogP contribution in [0.5, 0.6) is 0 Å². The third-order valence-electron chi connectivity index (χ3n) is 4.26. The molecule has 0 saturated carbocycles. The smallest absolute Gasteiger partial charge is 0.0504 e. The molecule has 25 heavy (non-hydrogen) atoms. The first-order valence-electron chi connectivity index (χ1n) is 8.51. The van der Waals surface area contributed by atoms with Crippen molar-refractivity contribution < 1.29 is 0 Å². The van der Waals surface area contributed by atoms with Crippen LogP contribution in [0.25, 0.3) is 0 Å². The molecule has 2 heteroatoms. The molecule has 0 spiro atoms. The summed E-state index contributed by atoms with van der Waals surface area (Å²) >= 11 is 0. The first-order valence-corrected chi connectivity index (χ1v) is 9.85. The van der Waals surface area contributed by atoms with Crippen molar-refractivity contribution >= 4 is 24.0 Å². The summed E-state index contributed by atoms with van der Waals surface area (Å²) in [6.45, 7) is 0.904. The standard InChI is InChI=1S/C23H20NP/c1-4-11-20(12-5-1)19-24-18-10-17-23(24)25(21-13-6-2-7-14-21)22-15-8-3-9-16-22/h1-18H,19H2. The van der Waals surface area contributed by atoms with E-state index in [-0.39, 0.29) is 0 Å². The highest BCUT2D eigenvalue weighted by Crippen LogP contribution is 2.32. The van der Waals surface area contributed by atoms with Crippen LogP contribution in [0.2, 0.25) is 0 Å². The van der Waals surface area contributed by atoms with Gasteiger partial charge in [-0.1, -0.05) is 91.0 Å². The van der Waals surface area contributed by atoms with Gasteiger partial charge >= 0.3 is 0 Å². The summed E-state index contributed by atoms with van der Waals surface area (Å²) in [7, 11) is -0.563. The molecule has 0 atom stereocenters. The predicted octanol–water partition coefficient (Wildman–Crippen LogP) is 4.29. The van der Waals surface area contributed by atoms with E-state index in [0.29, 0.717) is 0 Å². The lowest BCUT2D eigenvalue weighted by Gasteiger charge is -2.21. The van der Waals surface area contributed by atoms with Crippen LogP contribution in [0.15, 0.2) is 109 Å². The third-order valence-corrected chi connectivity index (χ3v) is 6.75. The Morgan fingerprint density at radius 1 is 0.560 bits per heavy atom. The normalized spacial score (nSPS) is 10.9. The van der Waals surface area contributed by atoms with Gasteiger partial charge in [-0.05, 0) is 28.3 Å². The van der Waals surface area contributed by atoms with Gasteiger partial charge in [0.25, 0.3) is 0 Å². The molecule has 4 rings (SSSR count). The fourth-order valence-electron chi connectivity index (χ4n) is 3.09. The number of rotatable bonds is 5. The molecule has 122 valence electrons. The number of nitrogens with zero attached hydrogens (tertiary/aromatic N) is 1. The summed E-state index contributed by atoms with van der Waals surface area (Å²) in [5.41, 5.74) is 2.72. The maximum atomic E-state index is 2.39. The van der Waals surface area contributed by atoms with Gasteiger partial charge in [-0.3, -0.25) is 0 Å². The van der Waals surface area contributed by atoms with Crippen LogP contribution in [0.3, 0.4) is 0 Å². The van der Waals surface area contributed by atoms with Crippen LogP contribution >= 0.6 is 7.92 Å². The minimum Gasteiger partial charge on any atom is -0.343 e. The van der Waals surface area contributed by atoms with Crippen molar-refractivity contribution in [3.63, 3.8) is 0 Å². The topological polar surface area (TPSA) is 4.93 Å². The average Bonchev–Trinajstić information content (AvgIpc) is 3.12. The molecule has 3 aromatic carbocycles. The second-order valence-electron chi connectivity index (χ2n) is 5.99. The molecule has 4 aromatic rings. The van der Waals surface area contributed by atoms with Crippen LogP contribution in [0.1, 0.15) is 5.56 Å². The quantitative estimate of drug-likeness (QED) is 0.477. The van der Waals surface area contributed by atoms with E-state index in [9.17, 15) is 0 Å². The summed E-state index contributed by atoms with van der Waals surface area (Å²) in [6.07, 6.45) is 2.20. The SMILES string of the molecule is c1ccc(Cn2cccc2P(c2ccccc2)c2ccccc2)cc1. The molecule has 0 radical (unpaired) electrons. The van der Waals surface area contributed by atoms with Crippen LogP contribution in [0.4, 0.5) is 0 Å². The lowest BCUT2D eigenvalue weighted by molar-refractivity contribution is 0.829. The summed E-state index contributed by atoms with van der Waals surface area (Å²) in [5, 5.41) is 2.77. The highest BCUT2D eigenvalue weighted by atomic mass is 31.1. The fraction of sp³-hybridized carbons (Fsp3) is 0.0435. The molecule has 1 heterocycles. The number of hydrogen-bond donors (Lipinski definition) is 0. The Kier molecular flexibility index (Phi) is 4.77. The molecular formula is C23H20NP. The maximum Gasteiger partial charge on any atom is 0.0504 e. The van der Waals surface area contributed by atoms with Crippen molar-refractivity contribution in [1.82, 2.24) is 4.57 Å². The van der Waals surface area contributed by atoms with E-state index in [2.05, 4.69) is 114 Å². The first kappa shape index (κ1) is 15.9. The molecule has 0 aliphatic heterocycles. The summed E-state index contributed by atoms with van der Waals surface area (Å²) < 4.78 is 2.39. The van der Waals surface area contributed by atoms with Crippen LogP contribution < -0.4 is 16.0 Å². The monoisotopic (exact) mass is 341 g/mol. The van der Waals surface area contributed by atoms with Crippen molar-refractivity contribution in [2.24, 2.45) is 0 Å². The Bertz CT molecular complexity index is 875. The van der Waals surface area contributed by atoms with Gasteiger partial charge in [0.1, 0.15) is 0 Å². The van der Waals surface area contributed by atoms with Gasteiger partial charge in [0.15, 0.2) is 0 Å². The molecule has 0 N–H and O–H groups in total. The molecule has 1 aromatic heterocycles. The summed E-state index contributed by atoms with van der Waals surface area (Å²) in [5.74, 6) is 0. The molecule has 0 fully saturated rings. The Balaban J connectivity index is 1.78. The fourth-order valence-corrected chi connectivity index (χ4v) is 5.49. The summed E-state index contributed by atoms with van der Waals surface area (Å²) in [4.78, 5) is 0. The van der Waals surface area contributed by atoms with Crippen molar-refractivity contribution in [1.29, 1.82) is 0 Å². The van der Waals surface area contributed by atoms with E-state index >= 15 is 0 Å². The van der Waals surface area contributed by atoms with E-state index in [1.165, 1.54) is 21.6 Å². The Hall–Kier alpha value is -2.63. The first-order chi connectivity index (χ1) is 12.4. The van der Waals surface area contributed by atoms with Gasteiger partial charge in [-0.2, -0.15) is 0 Å². The van der Waals surface area contributed by atoms with Crippen LogP contribution in [0, 0.1) is 0 Å². The zero-order valence-corrected chi connectivity index (χ0v) is 14.9. The van der Waals surface area contributed by atoms with E-state index in [1.807, 2.05) is 0 Å². The van der Waals surface area contributed by atoms with Crippen LogP contribution in [-0.4, -0.2) is 4.57 Å². The van der Waals surface area contributed by atoms with Crippen molar-refractivity contribution in [2.45, 2.75) is 6.54 Å². The molecule has 0 saturated heterocycles. The van der Waals surface area contributed by atoms with Gasteiger partial charge in [-0.25, -0.2) is 0 Å². The third kappa shape index (κ3) is 3.57. The lowest BCUT2D eigenvalue weighted by Crippen LogP contribution is -2.26. The Morgan fingerprint density at radius 2 is 1.08 bits per heavy atom. The maximum absolute atomic E-state index is 2.39. The van der Waals surface area contributed by atoms with Gasteiger partial charge in [0, 0.05) is 20.7 Å². The molecule has 0 aliphatic carbocycles. The van der Waals surface area contributed by atoms with Crippen molar-refractivity contribution in [2.75, 3.05) is 0 Å². The lowest BCUT2D eigenvalue weighted by atomic mass is 10.2. The van der Waals surface area contributed by atoms with Gasteiger partial charge < -0.3 is 4.57 Å². The highest BCUT2D eigenvalue weighted by Gasteiger charge is 2.19. The van der Waals surface area contributed by atoms with E-state index in [0.717, 1.165) is 6.54 Å². The van der Waals surface area contributed by atoms with Crippen molar-refractivity contribution in [3.8, 4) is 0 Å². The number of aromatic nitrogens is 1. The second-order valence-corrected chi connectivity index (χ2v) is 8.15. The Labute approximate surface area is 150 Å². The second kappa shape index (κ2) is 7.51. The van der Waals surface area contributed by atoms with Gasteiger partial charge in [0.2, 0.25) is 0 Å². The van der Waals surface area contributed by atoms with E-state index in [4.69, 9.17) is 0 Å². The molecule has 1 nitrogen and oxygen atoms in total. The number of hydrogen-bond acceptors (Lipinski definition) is 0. The molecule has 0 amide bonds. The molecule has 0 aliphatic rings. The Morgan fingerprint density at radius 3 is 1.64 bits per heavy atom. The summed E-state index contributed by atoms with van der Waals surface area (Å²) in [6, 6.07) is 36.8. The minimum atomic E-state index is -0.563. The minimum absolute atomic E-state index is 0.563. The zero-order chi connectivity index (χ0) is 16.9. The molecule has 0 bridgehead atoms. The number of benzene rings is 3. The van der Waals surface area contributed by atoms with E-state index < -0.39 is 7.92 Å². The van der Waals surface area contributed by atoms with Gasteiger partial charge in [0.05, 0.1) is 5.44 Å². The van der Waals surface area contributed by atoms with Gasteiger partial charge in [-0.15, -0.1) is 0 Å².